The number of hydrogen-bond acceptors (Lipinski definition) is 3. The van der Waals surface area contributed by atoms with Crippen LogP contribution in [0.3, 0.4) is 0 Å². The van der Waals surface area contributed by atoms with Crippen LogP contribution in [-0.4, -0.2) is 22.1 Å². The molecule has 0 unspecified atom stereocenters. The highest BCUT2D eigenvalue weighted by Gasteiger charge is 2.11. The van der Waals surface area contributed by atoms with Crippen molar-refractivity contribution in [2.24, 2.45) is 0 Å². The number of rotatable bonds is 5. The normalized spacial score (nSPS) is 10.7. The van der Waals surface area contributed by atoms with E-state index in [0.29, 0.717) is 5.69 Å². The molecular weight excluding hydrogens is 342 g/mol. The summed E-state index contributed by atoms with van der Waals surface area (Å²) in [6, 6.07) is 20.1. The van der Waals surface area contributed by atoms with E-state index in [2.05, 4.69) is 5.32 Å². The van der Waals surface area contributed by atoms with E-state index in [1.807, 2.05) is 24.3 Å². The van der Waals surface area contributed by atoms with Crippen molar-refractivity contribution in [3.05, 3.63) is 95.1 Å². The number of carboxylic acid groups (broad SMARTS) is 1. The molecule has 0 heterocycles. The molecule has 3 aromatic carbocycles. The van der Waals surface area contributed by atoms with Crippen LogP contribution >= 0.6 is 0 Å². The number of carboxylic acids is 1. The molecule has 5 nitrogen and oxygen atoms in total. The van der Waals surface area contributed by atoms with Crippen LogP contribution in [0.2, 0.25) is 0 Å². The van der Waals surface area contributed by atoms with Gasteiger partial charge in [-0.3, -0.25) is 4.79 Å². The summed E-state index contributed by atoms with van der Waals surface area (Å²) in [5.41, 5.74) is 2.64. The van der Waals surface area contributed by atoms with Crippen LogP contribution in [0.4, 0.5) is 5.69 Å². The third kappa shape index (κ3) is 4.41. The largest absolute Gasteiger partial charge is 0.507 e. The van der Waals surface area contributed by atoms with E-state index < -0.39 is 11.9 Å². The molecule has 134 valence electrons. The van der Waals surface area contributed by atoms with E-state index in [-0.39, 0.29) is 16.9 Å². The van der Waals surface area contributed by atoms with Gasteiger partial charge in [0.1, 0.15) is 5.75 Å². The highest BCUT2D eigenvalue weighted by Crippen LogP contribution is 2.22. The Morgan fingerprint density at radius 3 is 2.19 bits per heavy atom. The number of benzene rings is 3. The Labute approximate surface area is 156 Å². The number of phenols is 1. The molecule has 3 aromatic rings. The van der Waals surface area contributed by atoms with Gasteiger partial charge in [0.2, 0.25) is 0 Å². The van der Waals surface area contributed by atoms with E-state index in [9.17, 15) is 14.7 Å². The summed E-state index contributed by atoms with van der Waals surface area (Å²) in [6.07, 6.45) is 3.66. The number of para-hydroxylation sites is 2. The van der Waals surface area contributed by atoms with Crippen LogP contribution in [0.25, 0.3) is 12.2 Å². The van der Waals surface area contributed by atoms with E-state index in [1.54, 1.807) is 42.5 Å². The Bertz CT molecular complexity index is 1010. The summed E-state index contributed by atoms with van der Waals surface area (Å²) in [6.45, 7) is 0. The number of hydrogen-bond donors (Lipinski definition) is 3. The number of carbonyl (C=O) groups is 2. The Balaban J connectivity index is 1.80. The van der Waals surface area contributed by atoms with Crippen molar-refractivity contribution in [3.63, 3.8) is 0 Å². The van der Waals surface area contributed by atoms with Crippen molar-refractivity contribution >= 4 is 29.7 Å². The second kappa shape index (κ2) is 8.01. The standard InChI is InChI=1S/C22H17NO4/c24-20-8-4-2-6-18(20)21(25)23-19-7-3-1-5-16(19)12-9-15-10-13-17(14-11-15)22(26)27/h1-14,24H,(H,23,25)(H,26,27). The predicted octanol–water partition coefficient (Wildman–Crippen LogP) is 4.51. The summed E-state index contributed by atoms with van der Waals surface area (Å²) in [5, 5.41) is 21.6. The average molecular weight is 359 g/mol. The Morgan fingerprint density at radius 2 is 1.48 bits per heavy atom. The molecule has 3 rings (SSSR count). The number of aromatic carboxylic acids is 1. The van der Waals surface area contributed by atoms with E-state index >= 15 is 0 Å². The first kappa shape index (κ1) is 17.9. The van der Waals surface area contributed by atoms with Crippen molar-refractivity contribution in [1.29, 1.82) is 0 Å². The topological polar surface area (TPSA) is 86.6 Å². The maximum absolute atomic E-state index is 12.4. The molecule has 0 aliphatic rings. The van der Waals surface area contributed by atoms with E-state index in [4.69, 9.17) is 5.11 Å². The summed E-state index contributed by atoms with van der Waals surface area (Å²) >= 11 is 0. The third-order valence-corrected chi connectivity index (χ3v) is 3.97. The fraction of sp³-hybridized carbons (Fsp3) is 0. The number of carbonyl (C=O) groups excluding carboxylic acids is 1. The van der Waals surface area contributed by atoms with Crippen LogP contribution in [0.5, 0.6) is 5.75 Å². The Hall–Kier alpha value is -3.86. The van der Waals surface area contributed by atoms with Crippen LogP contribution in [0.1, 0.15) is 31.8 Å². The van der Waals surface area contributed by atoms with Crippen molar-refractivity contribution < 1.29 is 19.8 Å². The van der Waals surface area contributed by atoms with Crippen LogP contribution in [0.15, 0.2) is 72.8 Å². The SMILES string of the molecule is O=C(O)c1ccc(C=Cc2ccccc2NC(=O)c2ccccc2O)cc1. The van der Waals surface area contributed by atoms with Gasteiger partial charge in [0.05, 0.1) is 11.1 Å². The summed E-state index contributed by atoms with van der Waals surface area (Å²) < 4.78 is 0. The fourth-order valence-electron chi connectivity index (χ4n) is 2.53. The molecule has 0 aliphatic carbocycles. The molecule has 0 saturated heterocycles. The monoisotopic (exact) mass is 359 g/mol. The molecule has 0 spiro atoms. The first-order valence-corrected chi connectivity index (χ1v) is 8.24. The average Bonchev–Trinajstić information content (AvgIpc) is 2.68. The first-order valence-electron chi connectivity index (χ1n) is 8.24. The van der Waals surface area contributed by atoms with Gasteiger partial charge < -0.3 is 15.5 Å². The molecule has 0 atom stereocenters. The number of phenolic OH excluding ortho intramolecular Hbond substituents is 1. The quantitative estimate of drug-likeness (QED) is 0.585. The molecule has 0 fully saturated rings. The van der Waals surface area contributed by atoms with Gasteiger partial charge in [-0.25, -0.2) is 4.79 Å². The maximum Gasteiger partial charge on any atom is 0.335 e. The van der Waals surface area contributed by atoms with Gasteiger partial charge in [-0.15, -0.1) is 0 Å². The fourth-order valence-corrected chi connectivity index (χ4v) is 2.53. The van der Waals surface area contributed by atoms with Crippen LogP contribution in [0, 0.1) is 0 Å². The first-order chi connectivity index (χ1) is 13.0. The minimum absolute atomic E-state index is 0.0819. The molecule has 5 heteroatoms. The smallest absolute Gasteiger partial charge is 0.335 e. The molecular formula is C22H17NO4. The number of aromatic hydroxyl groups is 1. The van der Waals surface area contributed by atoms with Gasteiger partial charge in [-0.2, -0.15) is 0 Å². The summed E-state index contributed by atoms with van der Waals surface area (Å²) in [4.78, 5) is 23.3. The van der Waals surface area contributed by atoms with Crippen molar-refractivity contribution in [1.82, 2.24) is 0 Å². The molecule has 0 aromatic heterocycles. The van der Waals surface area contributed by atoms with Gasteiger partial charge in [-0.05, 0) is 41.5 Å². The highest BCUT2D eigenvalue weighted by atomic mass is 16.4. The molecule has 0 radical (unpaired) electrons. The lowest BCUT2D eigenvalue weighted by molar-refractivity contribution is 0.0696. The van der Waals surface area contributed by atoms with Crippen molar-refractivity contribution in [3.8, 4) is 5.75 Å². The lowest BCUT2D eigenvalue weighted by atomic mass is 10.1. The maximum atomic E-state index is 12.4. The van der Waals surface area contributed by atoms with E-state index in [0.717, 1.165) is 11.1 Å². The lowest BCUT2D eigenvalue weighted by Crippen LogP contribution is -2.12. The van der Waals surface area contributed by atoms with Crippen molar-refractivity contribution in [2.75, 3.05) is 5.32 Å². The Kier molecular flexibility index (Phi) is 5.33. The van der Waals surface area contributed by atoms with Crippen LogP contribution in [-0.2, 0) is 0 Å². The Morgan fingerprint density at radius 1 is 0.815 bits per heavy atom. The number of anilines is 1. The highest BCUT2D eigenvalue weighted by molar-refractivity contribution is 6.07. The van der Waals surface area contributed by atoms with Gasteiger partial charge in [0.25, 0.3) is 5.91 Å². The zero-order valence-electron chi connectivity index (χ0n) is 14.3. The zero-order valence-corrected chi connectivity index (χ0v) is 14.3. The molecule has 27 heavy (non-hydrogen) atoms. The van der Waals surface area contributed by atoms with E-state index in [1.165, 1.54) is 18.2 Å². The molecule has 3 N–H and O–H groups in total. The minimum Gasteiger partial charge on any atom is -0.507 e. The number of amides is 1. The summed E-state index contributed by atoms with van der Waals surface area (Å²) in [5.74, 6) is -1.45. The minimum atomic E-state index is -0.970. The molecule has 1 amide bonds. The third-order valence-electron chi connectivity index (χ3n) is 3.97. The van der Waals surface area contributed by atoms with Crippen molar-refractivity contribution in [2.45, 2.75) is 0 Å². The van der Waals surface area contributed by atoms with Gasteiger partial charge in [0, 0.05) is 5.69 Å². The van der Waals surface area contributed by atoms with Gasteiger partial charge in [0.15, 0.2) is 0 Å². The molecule has 0 bridgehead atoms. The van der Waals surface area contributed by atoms with Gasteiger partial charge >= 0.3 is 5.97 Å². The predicted molar refractivity (Wildman–Crippen MR) is 105 cm³/mol. The summed E-state index contributed by atoms with van der Waals surface area (Å²) in [7, 11) is 0. The second-order valence-corrected chi connectivity index (χ2v) is 5.82. The zero-order chi connectivity index (χ0) is 19.2. The van der Waals surface area contributed by atoms with Gasteiger partial charge in [-0.1, -0.05) is 54.6 Å². The number of nitrogens with one attached hydrogen (secondary N) is 1. The van der Waals surface area contributed by atoms with Crippen LogP contribution < -0.4 is 5.32 Å². The lowest BCUT2D eigenvalue weighted by Gasteiger charge is -2.09. The second-order valence-electron chi connectivity index (χ2n) is 5.82. The molecule has 0 saturated carbocycles. The molecule has 0 aliphatic heterocycles.